The fourth-order valence-electron chi connectivity index (χ4n) is 1.18. The Balaban J connectivity index is 2.65. The highest BCUT2D eigenvalue weighted by atomic mass is 32.1. The molecule has 0 bridgehead atoms. The second-order valence-corrected chi connectivity index (χ2v) is 4.39. The van der Waals surface area contributed by atoms with E-state index in [9.17, 15) is 4.79 Å². The summed E-state index contributed by atoms with van der Waals surface area (Å²) >= 11 is 1.52. The van der Waals surface area contributed by atoms with Crippen molar-refractivity contribution in [3.05, 3.63) is 21.9 Å². The van der Waals surface area contributed by atoms with E-state index in [0.29, 0.717) is 0 Å². The van der Waals surface area contributed by atoms with Gasteiger partial charge in [-0.25, -0.2) is 0 Å². The van der Waals surface area contributed by atoms with E-state index in [-0.39, 0.29) is 11.9 Å². The maximum absolute atomic E-state index is 11.7. The van der Waals surface area contributed by atoms with Crippen LogP contribution in [-0.2, 0) is 6.42 Å². The third-order valence-corrected chi connectivity index (χ3v) is 3.38. The summed E-state index contributed by atoms with van der Waals surface area (Å²) in [5, 5.41) is 2.81. The van der Waals surface area contributed by atoms with Gasteiger partial charge in [0.05, 0.1) is 10.9 Å². The summed E-state index contributed by atoms with van der Waals surface area (Å²) < 4.78 is 0. The van der Waals surface area contributed by atoms with E-state index in [2.05, 4.69) is 18.2 Å². The van der Waals surface area contributed by atoms with Crippen LogP contribution < -0.4 is 5.32 Å². The number of carbonyl (C=O) groups excluding carboxylic acids is 1. The van der Waals surface area contributed by atoms with Crippen molar-refractivity contribution in [2.75, 3.05) is 0 Å². The molecule has 0 aromatic carbocycles. The molecule has 0 spiro atoms. The average molecular weight is 221 g/mol. The van der Waals surface area contributed by atoms with Crippen LogP contribution in [0.2, 0.25) is 0 Å². The number of nitrogens with one attached hydrogen (secondary N) is 1. The molecule has 80 valence electrons. The van der Waals surface area contributed by atoms with E-state index in [1.54, 1.807) is 0 Å². The average Bonchev–Trinajstić information content (AvgIpc) is 2.74. The maximum atomic E-state index is 11.7. The molecule has 0 fully saturated rings. The normalized spacial score (nSPS) is 11.8. The van der Waals surface area contributed by atoms with Crippen molar-refractivity contribution in [2.24, 2.45) is 0 Å². The Morgan fingerprint density at radius 2 is 2.33 bits per heavy atom. The van der Waals surface area contributed by atoms with Gasteiger partial charge in [-0.2, -0.15) is 0 Å². The monoisotopic (exact) mass is 221 g/mol. The number of aryl methyl sites for hydroxylation is 1. The Kier molecular flexibility index (Phi) is 4.38. The van der Waals surface area contributed by atoms with E-state index in [1.807, 2.05) is 19.1 Å². The maximum Gasteiger partial charge on any atom is 0.262 e. The van der Waals surface area contributed by atoms with Gasteiger partial charge >= 0.3 is 0 Å². The van der Waals surface area contributed by atoms with Crippen LogP contribution in [0.4, 0.5) is 0 Å². The number of amides is 1. The number of hydrogen-bond donors (Lipinski definition) is 1. The lowest BCUT2D eigenvalue weighted by Crippen LogP contribution is -2.32. The predicted octanol–water partition coefficient (Wildman–Crippen LogP) is 2.45. The number of rotatable bonds is 4. The van der Waals surface area contributed by atoms with Crippen LogP contribution in [0, 0.1) is 12.3 Å². The first-order valence-corrected chi connectivity index (χ1v) is 5.88. The summed E-state index contributed by atoms with van der Waals surface area (Å²) in [5.41, 5.74) is 0. The molecule has 1 rings (SSSR count). The van der Waals surface area contributed by atoms with Crippen molar-refractivity contribution in [1.82, 2.24) is 5.32 Å². The van der Waals surface area contributed by atoms with Crippen molar-refractivity contribution in [1.29, 1.82) is 0 Å². The Morgan fingerprint density at radius 1 is 1.60 bits per heavy atom. The highest BCUT2D eigenvalue weighted by molar-refractivity contribution is 7.14. The molecule has 0 saturated carbocycles. The van der Waals surface area contributed by atoms with Gasteiger partial charge in [-0.15, -0.1) is 17.8 Å². The molecule has 3 heteroatoms. The molecule has 1 atom stereocenters. The zero-order chi connectivity index (χ0) is 11.3. The first kappa shape index (κ1) is 11.8. The van der Waals surface area contributed by atoms with Gasteiger partial charge in [-0.05, 0) is 25.0 Å². The third-order valence-electron chi connectivity index (χ3n) is 2.15. The Hall–Kier alpha value is -1.27. The SMILES string of the molecule is C#CC(CC)NC(=O)c1ccc(CC)s1. The second kappa shape index (κ2) is 5.57. The summed E-state index contributed by atoms with van der Waals surface area (Å²) in [7, 11) is 0. The van der Waals surface area contributed by atoms with Gasteiger partial charge in [-0.1, -0.05) is 19.8 Å². The largest absolute Gasteiger partial charge is 0.338 e. The molecule has 2 nitrogen and oxygen atoms in total. The third kappa shape index (κ3) is 3.10. The molecule has 1 aromatic rings. The minimum absolute atomic E-state index is 0.0653. The van der Waals surface area contributed by atoms with Gasteiger partial charge in [0.15, 0.2) is 0 Å². The van der Waals surface area contributed by atoms with Crippen molar-refractivity contribution in [2.45, 2.75) is 32.7 Å². The lowest BCUT2D eigenvalue weighted by molar-refractivity contribution is 0.0949. The zero-order valence-electron chi connectivity index (χ0n) is 9.04. The molecule has 0 aliphatic heterocycles. The van der Waals surface area contributed by atoms with E-state index >= 15 is 0 Å². The lowest BCUT2D eigenvalue weighted by Gasteiger charge is -2.08. The molecule has 0 aliphatic carbocycles. The zero-order valence-corrected chi connectivity index (χ0v) is 9.86. The fourth-order valence-corrected chi connectivity index (χ4v) is 2.03. The minimum Gasteiger partial charge on any atom is -0.338 e. The highest BCUT2D eigenvalue weighted by Gasteiger charge is 2.11. The van der Waals surface area contributed by atoms with Gasteiger partial charge in [0, 0.05) is 4.88 Å². The van der Waals surface area contributed by atoms with Crippen molar-refractivity contribution in [3.63, 3.8) is 0 Å². The molecular formula is C12H15NOS. The molecule has 15 heavy (non-hydrogen) atoms. The van der Waals surface area contributed by atoms with Gasteiger partial charge in [-0.3, -0.25) is 4.79 Å². The van der Waals surface area contributed by atoms with Crippen LogP contribution >= 0.6 is 11.3 Å². The number of carbonyl (C=O) groups is 1. The van der Waals surface area contributed by atoms with E-state index < -0.39 is 0 Å². The minimum atomic E-state index is -0.162. The number of terminal acetylenes is 1. The van der Waals surface area contributed by atoms with E-state index in [4.69, 9.17) is 6.42 Å². The Morgan fingerprint density at radius 3 is 2.80 bits per heavy atom. The van der Waals surface area contributed by atoms with Gasteiger partial charge in [0.25, 0.3) is 5.91 Å². The van der Waals surface area contributed by atoms with Gasteiger partial charge in [0.1, 0.15) is 0 Å². The van der Waals surface area contributed by atoms with E-state index in [0.717, 1.165) is 17.7 Å². The highest BCUT2D eigenvalue weighted by Crippen LogP contribution is 2.16. The van der Waals surface area contributed by atoms with Crippen molar-refractivity contribution in [3.8, 4) is 12.3 Å². The van der Waals surface area contributed by atoms with Gasteiger partial charge in [0.2, 0.25) is 0 Å². The Bertz CT molecular complexity index is 375. The van der Waals surface area contributed by atoms with Crippen LogP contribution in [0.25, 0.3) is 0 Å². The number of hydrogen-bond acceptors (Lipinski definition) is 2. The summed E-state index contributed by atoms with van der Waals surface area (Å²) in [6.45, 7) is 4.03. The van der Waals surface area contributed by atoms with Crippen molar-refractivity contribution >= 4 is 17.2 Å². The first-order valence-electron chi connectivity index (χ1n) is 5.07. The molecule has 1 unspecified atom stereocenters. The summed E-state index contributed by atoms with van der Waals surface area (Å²) in [6, 6.07) is 3.67. The topological polar surface area (TPSA) is 29.1 Å². The second-order valence-electron chi connectivity index (χ2n) is 3.22. The van der Waals surface area contributed by atoms with Crippen LogP contribution in [0.3, 0.4) is 0 Å². The summed E-state index contributed by atoms with van der Waals surface area (Å²) in [4.78, 5) is 13.7. The Labute approximate surface area is 94.7 Å². The first-order chi connectivity index (χ1) is 7.21. The molecule has 1 amide bonds. The number of thiophene rings is 1. The molecule has 0 saturated heterocycles. The molecule has 0 radical (unpaired) electrons. The lowest BCUT2D eigenvalue weighted by atomic mass is 10.2. The molecule has 1 aromatic heterocycles. The van der Waals surface area contributed by atoms with Crippen LogP contribution in [0.5, 0.6) is 0 Å². The standard InChI is InChI=1S/C12H15NOS/c1-4-9(5-2)13-12(14)11-8-7-10(6-3)15-11/h1,7-9H,5-6H2,2-3H3,(H,13,14). The van der Waals surface area contributed by atoms with Crippen LogP contribution in [0.15, 0.2) is 12.1 Å². The molecule has 1 heterocycles. The molecule has 1 N–H and O–H groups in total. The molecular weight excluding hydrogens is 206 g/mol. The smallest absolute Gasteiger partial charge is 0.262 e. The predicted molar refractivity (Wildman–Crippen MR) is 64.1 cm³/mol. The van der Waals surface area contributed by atoms with Crippen LogP contribution in [0.1, 0.15) is 34.8 Å². The van der Waals surface area contributed by atoms with Crippen molar-refractivity contribution < 1.29 is 4.79 Å². The quantitative estimate of drug-likeness (QED) is 0.777. The summed E-state index contributed by atoms with van der Waals surface area (Å²) in [5.74, 6) is 2.48. The molecule has 0 aliphatic rings. The van der Waals surface area contributed by atoms with Crippen LogP contribution in [-0.4, -0.2) is 11.9 Å². The van der Waals surface area contributed by atoms with E-state index in [1.165, 1.54) is 16.2 Å². The fraction of sp³-hybridized carbons (Fsp3) is 0.417. The van der Waals surface area contributed by atoms with Gasteiger partial charge < -0.3 is 5.32 Å². The summed E-state index contributed by atoms with van der Waals surface area (Å²) in [6.07, 6.45) is 7.00.